The smallest absolute Gasteiger partial charge is 0.271 e. The summed E-state index contributed by atoms with van der Waals surface area (Å²) in [5, 5.41) is 3.11. The van der Waals surface area contributed by atoms with Crippen LogP contribution in [-0.2, 0) is 0 Å². The van der Waals surface area contributed by atoms with Crippen LogP contribution < -0.4 is 5.32 Å². The van der Waals surface area contributed by atoms with E-state index in [9.17, 15) is 4.79 Å². The van der Waals surface area contributed by atoms with Crippen molar-refractivity contribution in [2.45, 2.75) is 60.4 Å². The highest BCUT2D eigenvalue weighted by Gasteiger charge is 2.26. The average Bonchev–Trinajstić information content (AvgIpc) is 2.33. The van der Waals surface area contributed by atoms with Gasteiger partial charge in [0.2, 0.25) is 0 Å². The van der Waals surface area contributed by atoms with Crippen molar-refractivity contribution in [3.8, 4) is 0 Å². The summed E-state index contributed by atoms with van der Waals surface area (Å²) in [5.41, 5.74) is 1.23. The molecule has 1 N–H and O–H groups in total. The number of rotatable bonds is 5. The molecule has 1 heterocycles. The molecule has 1 atom stereocenters. The zero-order chi connectivity index (χ0) is 15.3. The van der Waals surface area contributed by atoms with Gasteiger partial charge in [0, 0.05) is 12.2 Å². The Bertz CT molecular complexity index is 432. The van der Waals surface area contributed by atoms with E-state index in [1.54, 1.807) is 6.20 Å². The number of hydrogen-bond donors (Lipinski definition) is 1. The molecular formula is C16H27N3O. The Morgan fingerprint density at radius 2 is 1.85 bits per heavy atom. The molecule has 0 radical (unpaired) electrons. The van der Waals surface area contributed by atoms with Crippen LogP contribution >= 0.6 is 0 Å². The van der Waals surface area contributed by atoms with Gasteiger partial charge in [-0.15, -0.1) is 0 Å². The lowest BCUT2D eigenvalue weighted by molar-refractivity contribution is 0.0888. The molecule has 4 nitrogen and oxygen atoms in total. The molecule has 0 fully saturated rings. The van der Waals surface area contributed by atoms with Crippen molar-refractivity contribution in [1.29, 1.82) is 0 Å². The number of hydrogen-bond acceptors (Lipinski definition) is 3. The van der Waals surface area contributed by atoms with Crippen molar-refractivity contribution in [3.05, 3.63) is 23.8 Å². The van der Waals surface area contributed by atoms with Crippen LogP contribution in [0.5, 0.6) is 0 Å². The van der Waals surface area contributed by atoms with Crippen molar-refractivity contribution in [3.63, 3.8) is 0 Å². The Hall–Kier alpha value is -1.45. The summed E-state index contributed by atoms with van der Waals surface area (Å²) in [5.74, 6) is 0.497. The van der Waals surface area contributed by atoms with Gasteiger partial charge in [-0.2, -0.15) is 0 Å². The summed E-state index contributed by atoms with van der Waals surface area (Å²) in [6, 6.07) is 0.139. The highest BCUT2D eigenvalue weighted by molar-refractivity contribution is 5.92. The molecule has 0 aliphatic carbocycles. The van der Waals surface area contributed by atoms with Crippen molar-refractivity contribution in [2.75, 3.05) is 0 Å². The van der Waals surface area contributed by atoms with Gasteiger partial charge in [0.05, 0.1) is 11.9 Å². The zero-order valence-electron chi connectivity index (χ0n) is 13.5. The molecule has 1 amide bonds. The number of aryl methyl sites for hydroxylation is 1. The van der Waals surface area contributed by atoms with E-state index in [1.807, 2.05) is 6.92 Å². The van der Waals surface area contributed by atoms with Crippen LogP contribution in [-0.4, -0.2) is 21.9 Å². The minimum absolute atomic E-state index is 0.0304. The number of nitrogens with zero attached hydrogens (tertiary/aromatic N) is 2. The number of aromatic nitrogens is 2. The van der Waals surface area contributed by atoms with Crippen molar-refractivity contribution in [1.82, 2.24) is 15.3 Å². The van der Waals surface area contributed by atoms with Gasteiger partial charge in [-0.25, -0.2) is 4.98 Å². The summed E-state index contributed by atoms with van der Waals surface area (Å²) in [6.45, 7) is 12.7. The first-order valence-electron chi connectivity index (χ1n) is 7.29. The second-order valence-corrected chi connectivity index (χ2v) is 6.91. The molecule has 0 aliphatic heterocycles. The molecule has 0 saturated carbocycles. The largest absolute Gasteiger partial charge is 0.347 e. The highest BCUT2D eigenvalue weighted by Crippen LogP contribution is 2.24. The normalized spacial score (nSPS) is 13.3. The summed E-state index contributed by atoms with van der Waals surface area (Å²) in [7, 11) is 0. The minimum atomic E-state index is -0.138. The van der Waals surface area contributed by atoms with E-state index < -0.39 is 0 Å². The molecule has 0 aliphatic rings. The molecule has 0 saturated heterocycles. The number of carbonyl (C=O) groups is 1. The van der Waals surface area contributed by atoms with Gasteiger partial charge in [-0.3, -0.25) is 9.78 Å². The lowest BCUT2D eigenvalue weighted by atomic mass is 9.82. The Morgan fingerprint density at radius 1 is 1.20 bits per heavy atom. The van der Waals surface area contributed by atoms with Crippen molar-refractivity contribution >= 4 is 5.91 Å². The van der Waals surface area contributed by atoms with Crippen LogP contribution in [0.25, 0.3) is 0 Å². The quantitative estimate of drug-likeness (QED) is 0.897. The molecular weight excluding hydrogens is 250 g/mol. The van der Waals surface area contributed by atoms with Gasteiger partial charge in [0.1, 0.15) is 5.69 Å². The topological polar surface area (TPSA) is 54.9 Å². The first-order valence-corrected chi connectivity index (χ1v) is 7.29. The van der Waals surface area contributed by atoms with Gasteiger partial charge < -0.3 is 5.32 Å². The maximum absolute atomic E-state index is 12.2. The van der Waals surface area contributed by atoms with E-state index in [0.717, 1.165) is 18.5 Å². The molecule has 1 rings (SSSR count). The highest BCUT2D eigenvalue weighted by atomic mass is 16.1. The van der Waals surface area contributed by atoms with E-state index in [4.69, 9.17) is 0 Å². The predicted molar refractivity (Wildman–Crippen MR) is 81.6 cm³/mol. The molecule has 1 unspecified atom stereocenters. The second-order valence-electron chi connectivity index (χ2n) is 6.91. The fraction of sp³-hybridized carbons (Fsp3) is 0.688. The van der Waals surface area contributed by atoms with Crippen LogP contribution in [0.1, 0.15) is 63.6 Å². The van der Waals surface area contributed by atoms with E-state index in [1.165, 1.54) is 6.20 Å². The lowest BCUT2D eigenvalue weighted by Crippen LogP contribution is -2.44. The maximum Gasteiger partial charge on any atom is 0.271 e. The second kappa shape index (κ2) is 6.82. The molecule has 0 aromatic carbocycles. The molecule has 20 heavy (non-hydrogen) atoms. The molecule has 112 valence electrons. The summed E-state index contributed by atoms with van der Waals surface area (Å²) < 4.78 is 0. The fourth-order valence-electron chi connectivity index (χ4n) is 1.96. The van der Waals surface area contributed by atoms with Crippen LogP contribution in [0.4, 0.5) is 0 Å². The molecule has 1 aromatic rings. The molecule has 4 heteroatoms. The number of nitrogens with one attached hydrogen (secondary N) is 1. The number of carbonyl (C=O) groups excluding carboxylic acids is 1. The summed E-state index contributed by atoms with van der Waals surface area (Å²) >= 11 is 0. The van der Waals surface area contributed by atoms with E-state index in [2.05, 4.69) is 49.9 Å². The van der Waals surface area contributed by atoms with Crippen LogP contribution in [0.15, 0.2) is 12.4 Å². The third-order valence-corrected chi connectivity index (χ3v) is 3.40. The van der Waals surface area contributed by atoms with E-state index >= 15 is 0 Å². The monoisotopic (exact) mass is 277 g/mol. The van der Waals surface area contributed by atoms with Crippen LogP contribution in [0.2, 0.25) is 0 Å². The van der Waals surface area contributed by atoms with Gasteiger partial charge in [-0.05, 0) is 31.1 Å². The Morgan fingerprint density at radius 3 is 2.30 bits per heavy atom. The van der Waals surface area contributed by atoms with Crippen LogP contribution in [0.3, 0.4) is 0 Å². The van der Waals surface area contributed by atoms with Gasteiger partial charge in [-0.1, -0.05) is 34.6 Å². The Kier molecular flexibility index (Phi) is 5.66. The zero-order valence-corrected chi connectivity index (χ0v) is 13.5. The first-order chi connectivity index (χ1) is 9.20. The Balaban J connectivity index is 2.73. The van der Waals surface area contributed by atoms with Gasteiger partial charge in [0.15, 0.2) is 0 Å². The lowest BCUT2D eigenvalue weighted by Gasteiger charge is -2.32. The third kappa shape index (κ3) is 5.27. The minimum Gasteiger partial charge on any atom is -0.347 e. The van der Waals surface area contributed by atoms with Crippen molar-refractivity contribution in [2.24, 2.45) is 11.3 Å². The third-order valence-electron chi connectivity index (χ3n) is 3.40. The van der Waals surface area contributed by atoms with E-state index in [0.29, 0.717) is 11.6 Å². The Labute approximate surface area is 122 Å². The van der Waals surface area contributed by atoms with Gasteiger partial charge in [0.25, 0.3) is 5.91 Å². The molecule has 0 spiro atoms. The molecule has 1 aromatic heterocycles. The predicted octanol–water partition coefficient (Wildman–Crippen LogP) is 3.37. The van der Waals surface area contributed by atoms with Crippen LogP contribution in [0, 0.1) is 18.3 Å². The summed E-state index contributed by atoms with van der Waals surface area (Å²) in [6.07, 6.45) is 5.23. The maximum atomic E-state index is 12.2. The first kappa shape index (κ1) is 16.6. The van der Waals surface area contributed by atoms with Gasteiger partial charge >= 0.3 is 0 Å². The van der Waals surface area contributed by atoms with Crippen molar-refractivity contribution < 1.29 is 4.79 Å². The molecule has 0 bridgehead atoms. The average molecular weight is 277 g/mol. The number of amides is 1. The summed E-state index contributed by atoms with van der Waals surface area (Å²) in [4.78, 5) is 20.5. The fourth-order valence-corrected chi connectivity index (χ4v) is 1.96. The van der Waals surface area contributed by atoms with E-state index in [-0.39, 0.29) is 17.4 Å². The SMILES string of the molecule is Cc1cnc(C(=O)NC(CCC(C)C)C(C)(C)C)cn1. The standard InChI is InChI=1S/C16H27N3O/c1-11(2)7-8-14(16(4,5)6)19-15(20)13-10-17-12(3)9-18-13/h9-11,14H,7-8H2,1-6H3,(H,19,20).